The third kappa shape index (κ3) is 13.8. The maximum absolute atomic E-state index is 11.8. The van der Waals surface area contributed by atoms with Crippen LogP contribution in [0.4, 0.5) is 0 Å². The first-order chi connectivity index (χ1) is 13.6. The van der Waals surface area contributed by atoms with E-state index < -0.39 is 12.3 Å². The van der Waals surface area contributed by atoms with Gasteiger partial charge in [0, 0.05) is 6.42 Å². The molecule has 0 bridgehead atoms. The normalized spacial score (nSPS) is 12.3. The number of hydrogen-bond acceptors (Lipinski definition) is 3. The van der Waals surface area contributed by atoms with E-state index in [9.17, 15) is 9.90 Å². The summed E-state index contributed by atoms with van der Waals surface area (Å²) in [7, 11) is 0. The number of carbonyl (C=O) groups is 1. The lowest BCUT2D eigenvalue weighted by atomic mass is 10.0. The molecule has 1 N–H and O–H groups in total. The number of hydrogen-bond donors (Lipinski definition) is 1. The van der Waals surface area contributed by atoms with Crippen molar-refractivity contribution in [2.24, 2.45) is 5.92 Å². The SMILES string of the molecule is CC(C)CCCCCCCCCCCCCCC(O)OC(=O)c1ccccc1. The molecule has 0 fully saturated rings. The molecule has 0 aliphatic rings. The van der Waals surface area contributed by atoms with E-state index in [-0.39, 0.29) is 0 Å². The molecule has 160 valence electrons. The van der Waals surface area contributed by atoms with Crippen molar-refractivity contribution in [2.75, 3.05) is 0 Å². The lowest BCUT2D eigenvalue weighted by Crippen LogP contribution is -2.17. The van der Waals surface area contributed by atoms with Crippen LogP contribution in [0.25, 0.3) is 0 Å². The Morgan fingerprint density at radius 1 is 0.750 bits per heavy atom. The molecule has 1 aromatic carbocycles. The molecule has 3 nitrogen and oxygen atoms in total. The number of unbranched alkanes of at least 4 members (excludes halogenated alkanes) is 11. The Hall–Kier alpha value is -1.35. The molecule has 0 aliphatic carbocycles. The van der Waals surface area contributed by atoms with E-state index in [0.717, 1.165) is 18.8 Å². The highest BCUT2D eigenvalue weighted by molar-refractivity contribution is 5.89. The van der Waals surface area contributed by atoms with Gasteiger partial charge in [-0.15, -0.1) is 0 Å². The molecular weight excluding hydrogens is 348 g/mol. The van der Waals surface area contributed by atoms with Crippen LogP contribution in [0.5, 0.6) is 0 Å². The summed E-state index contributed by atoms with van der Waals surface area (Å²) < 4.78 is 5.07. The molecule has 0 saturated carbocycles. The molecule has 0 amide bonds. The summed E-state index contributed by atoms with van der Waals surface area (Å²) in [6.45, 7) is 4.62. The number of aliphatic hydroxyl groups is 1. The van der Waals surface area contributed by atoms with Gasteiger partial charge in [-0.2, -0.15) is 0 Å². The maximum atomic E-state index is 11.8. The van der Waals surface area contributed by atoms with Crippen molar-refractivity contribution in [3.63, 3.8) is 0 Å². The molecule has 0 aromatic heterocycles. The van der Waals surface area contributed by atoms with Crippen LogP contribution >= 0.6 is 0 Å². The van der Waals surface area contributed by atoms with Crippen LogP contribution in [0, 0.1) is 5.92 Å². The number of ether oxygens (including phenoxy) is 1. The fourth-order valence-electron chi connectivity index (χ4n) is 3.46. The Balaban J connectivity index is 1.84. The molecule has 28 heavy (non-hydrogen) atoms. The second-order valence-electron chi connectivity index (χ2n) is 8.44. The van der Waals surface area contributed by atoms with E-state index in [1.807, 2.05) is 6.07 Å². The van der Waals surface area contributed by atoms with Gasteiger partial charge < -0.3 is 9.84 Å². The molecule has 1 atom stereocenters. The van der Waals surface area contributed by atoms with Crippen LogP contribution in [0.2, 0.25) is 0 Å². The van der Waals surface area contributed by atoms with Crippen LogP contribution in [0.3, 0.4) is 0 Å². The van der Waals surface area contributed by atoms with Crippen molar-refractivity contribution in [3.05, 3.63) is 35.9 Å². The van der Waals surface area contributed by atoms with Gasteiger partial charge in [0.05, 0.1) is 5.56 Å². The van der Waals surface area contributed by atoms with Gasteiger partial charge in [-0.1, -0.05) is 109 Å². The molecule has 0 spiro atoms. The minimum Gasteiger partial charge on any atom is -0.432 e. The second-order valence-corrected chi connectivity index (χ2v) is 8.44. The van der Waals surface area contributed by atoms with Crippen LogP contribution < -0.4 is 0 Å². The number of aliphatic hydroxyl groups excluding tert-OH is 1. The summed E-state index contributed by atoms with van der Waals surface area (Å²) in [5.74, 6) is 0.403. The zero-order chi connectivity index (χ0) is 20.5. The molecule has 0 radical (unpaired) electrons. The molecule has 0 heterocycles. The fraction of sp³-hybridized carbons (Fsp3) is 0.720. The van der Waals surface area contributed by atoms with Gasteiger partial charge in [0.2, 0.25) is 6.29 Å². The standard InChI is InChI=1S/C25H42O3/c1-22(2)18-14-11-9-7-5-3-4-6-8-10-12-17-21-24(26)28-25(27)23-19-15-13-16-20-23/h13,15-16,19-20,22,24,26H,3-12,14,17-18,21H2,1-2H3. The number of esters is 1. The van der Waals surface area contributed by atoms with Crippen LogP contribution in [0.15, 0.2) is 30.3 Å². The first kappa shape index (κ1) is 24.7. The maximum Gasteiger partial charge on any atom is 0.340 e. The van der Waals surface area contributed by atoms with Crippen molar-refractivity contribution in [1.82, 2.24) is 0 Å². The number of rotatable bonds is 17. The van der Waals surface area contributed by atoms with E-state index in [1.54, 1.807) is 24.3 Å². The third-order valence-corrected chi connectivity index (χ3v) is 5.24. The lowest BCUT2D eigenvalue weighted by Gasteiger charge is -2.12. The topological polar surface area (TPSA) is 46.5 Å². The first-order valence-corrected chi connectivity index (χ1v) is 11.5. The third-order valence-electron chi connectivity index (χ3n) is 5.24. The monoisotopic (exact) mass is 390 g/mol. The molecule has 0 saturated heterocycles. The van der Waals surface area contributed by atoms with Crippen molar-refractivity contribution in [3.8, 4) is 0 Å². The van der Waals surface area contributed by atoms with Gasteiger partial charge in [-0.05, 0) is 24.5 Å². The predicted molar refractivity (Wildman–Crippen MR) is 117 cm³/mol. The van der Waals surface area contributed by atoms with Crippen LogP contribution in [-0.2, 0) is 4.74 Å². The van der Waals surface area contributed by atoms with Gasteiger partial charge in [0.15, 0.2) is 0 Å². The second kappa shape index (κ2) is 16.6. The Morgan fingerprint density at radius 2 is 1.18 bits per heavy atom. The van der Waals surface area contributed by atoms with Gasteiger partial charge in [-0.25, -0.2) is 4.79 Å². The van der Waals surface area contributed by atoms with Crippen molar-refractivity contribution in [2.45, 2.75) is 110 Å². The smallest absolute Gasteiger partial charge is 0.340 e. The highest BCUT2D eigenvalue weighted by atomic mass is 16.6. The predicted octanol–water partition coefficient (Wildman–Crippen LogP) is 7.28. The highest BCUT2D eigenvalue weighted by Gasteiger charge is 2.12. The quantitative estimate of drug-likeness (QED) is 0.173. The summed E-state index contributed by atoms with van der Waals surface area (Å²) in [5, 5.41) is 9.84. The summed E-state index contributed by atoms with van der Waals surface area (Å²) in [6.07, 6.45) is 16.4. The minimum absolute atomic E-state index is 0.451. The minimum atomic E-state index is -0.992. The van der Waals surface area contributed by atoms with Crippen molar-refractivity contribution < 1.29 is 14.6 Å². The largest absolute Gasteiger partial charge is 0.432 e. The fourth-order valence-corrected chi connectivity index (χ4v) is 3.46. The highest BCUT2D eigenvalue weighted by Crippen LogP contribution is 2.15. The average molecular weight is 391 g/mol. The van der Waals surface area contributed by atoms with Crippen LogP contribution in [0.1, 0.15) is 114 Å². The first-order valence-electron chi connectivity index (χ1n) is 11.5. The zero-order valence-corrected chi connectivity index (χ0v) is 18.2. The number of benzene rings is 1. The Kier molecular flexibility index (Phi) is 14.6. The summed E-state index contributed by atoms with van der Waals surface area (Å²) >= 11 is 0. The Labute approximate surface area is 172 Å². The summed E-state index contributed by atoms with van der Waals surface area (Å²) in [6, 6.07) is 8.82. The molecule has 3 heteroatoms. The van der Waals surface area contributed by atoms with E-state index in [4.69, 9.17) is 4.74 Å². The average Bonchev–Trinajstić information content (AvgIpc) is 2.68. The van der Waals surface area contributed by atoms with E-state index >= 15 is 0 Å². The van der Waals surface area contributed by atoms with E-state index in [0.29, 0.717) is 12.0 Å². The van der Waals surface area contributed by atoms with Crippen molar-refractivity contribution >= 4 is 5.97 Å². The Morgan fingerprint density at radius 3 is 1.64 bits per heavy atom. The molecular formula is C25H42O3. The summed E-state index contributed by atoms with van der Waals surface area (Å²) in [5.41, 5.74) is 0.483. The van der Waals surface area contributed by atoms with E-state index in [1.165, 1.54) is 70.6 Å². The molecule has 0 aliphatic heterocycles. The molecule has 1 aromatic rings. The van der Waals surface area contributed by atoms with Crippen molar-refractivity contribution in [1.29, 1.82) is 0 Å². The molecule has 1 unspecified atom stereocenters. The van der Waals surface area contributed by atoms with E-state index in [2.05, 4.69) is 13.8 Å². The number of carbonyl (C=O) groups excluding carboxylic acids is 1. The van der Waals surface area contributed by atoms with Crippen LogP contribution in [-0.4, -0.2) is 17.4 Å². The Bertz CT molecular complexity index is 484. The summed E-state index contributed by atoms with van der Waals surface area (Å²) in [4.78, 5) is 11.8. The molecule has 1 rings (SSSR count). The van der Waals surface area contributed by atoms with Gasteiger partial charge in [0.1, 0.15) is 0 Å². The zero-order valence-electron chi connectivity index (χ0n) is 18.2. The van der Waals surface area contributed by atoms with Gasteiger partial charge >= 0.3 is 5.97 Å². The van der Waals surface area contributed by atoms with Gasteiger partial charge in [-0.3, -0.25) is 0 Å². The lowest BCUT2D eigenvalue weighted by molar-refractivity contribution is -0.0694. The van der Waals surface area contributed by atoms with Gasteiger partial charge in [0.25, 0.3) is 0 Å².